The maximum atomic E-state index is 5.26. The molecule has 0 aliphatic rings. The third-order valence-electron chi connectivity index (χ3n) is 2.70. The van der Waals surface area contributed by atoms with E-state index in [1.165, 1.54) is 0 Å². The van der Waals surface area contributed by atoms with Crippen molar-refractivity contribution in [3.05, 3.63) is 30.4 Å². The highest BCUT2D eigenvalue weighted by Crippen LogP contribution is 2.20. The lowest BCUT2D eigenvalue weighted by Gasteiger charge is -2.04. The summed E-state index contributed by atoms with van der Waals surface area (Å²) in [7, 11) is 0. The number of hydrogen-bond acceptors (Lipinski definition) is 4. The summed E-state index contributed by atoms with van der Waals surface area (Å²) in [5.41, 5.74) is 0. The molecular formula is C11H16N4O. The minimum absolute atomic E-state index is 0.379. The number of rotatable bonds is 5. The quantitative estimate of drug-likeness (QED) is 0.775. The summed E-state index contributed by atoms with van der Waals surface area (Å²) in [5.74, 6) is 1.84. The second kappa shape index (κ2) is 4.92. The van der Waals surface area contributed by atoms with Crippen molar-refractivity contribution in [2.45, 2.75) is 39.2 Å². The topological polar surface area (TPSA) is 56.7 Å². The molecule has 0 N–H and O–H groups in total. The molecule has 86 valence electrons. The van der Waals surface area contributed by atoms with E-state index >= 15 is 0 Å². The standard InChI is InChI=1S/C11H16N4O/c1-3-9(4-2)11-13-10(14-16-11)7-15-6-5-12-8-15/h5-6,8-9H,3-4,7H2,1-2H3. The van der Waals surface area contributed by atoms with Crippen LogP contribution >= 0.6 is 0 Å². The van der Waals surface area contributed by atoms with Crippen LogP contribution in [-0.4, -0.2) is 19.7 Å². The maximum Gasteiger partial charge on any atom is 0.229 e. The number of aromatic nitrogens is 4. The zero-order valence-electron chi connectivity index (χ0n) is 9.63. The molecule has 16 heavy (non-hydrogen) atoms. The molecule has 0 saturated carbocycles. The smallest absolute Gasteiger partial charge is 0.229 e. The lowest BCUT2D eigenvalue weighted by Crippen LogP contribution is -2.00. The Morgan fingerprint density at radius 3 is 2.81 bits per heavy atom. The Hall–Kier alpha value is -1.65. The van der Waals surface area contributed by atoms with E-state index < -0.39 is 0 Å². The summed E-state index contributed by atoms with van der Waals surface area (Å²) >= 11 is 0. The van der Waals surface area contributed by atoms with Gasteiger partial charge in [-0.3, -0.25) is 0 Å². The van der Waals surface area contributed by atoms with Crippen molar-refractivity contribution in [1.29, 1.82) is 0 Å². The monoisotopic (exact) mass is 220 g/mol. The average molecular weight is 220 g/mol. The number of imidazole rings is 1. The first kappa shape index (κ1) is 10.9. The van der Waals surface area contributed by atoms with Gasteiger partial charge in [0.05, 0.1) is 12.9 Å². The molecule has 5 heteroatoms. The number of nitrogens with zero attached hydrogens (tertiary/aromatic N) is 4. The summed E-state index contributed by atoms with van der Waals surface area (Å²) in [6, 6.07) is 0. The molecule has 0 aromatic carbocycles. The molecule has 0 bridgehead atoms. The van der Waals surface area contributed by atoms with E-state index in [9.17, 15) is 0 Å². The molecule has 0 amide bonds. The van der Waals surface area contributed by atoms with Crippen LogP contribution in [0.5, 0.6) is 0 Å². The van der Waals surface area contributed by atoms with E-state index in [1.54, 1.807) is 12.5 Å². The second-order valence-corrected chi connectivity index (χ2v) is 3.80. The third-order valence-corrected chi connectivity index (χ3v) is 2.70. The molecule has 0 fully saturated rings. The van der Waals surface area contributed by atoms with Gasteiger partial charge in [0.25, 0.3) is 0 Å². The Labute approximate surface area is 94.5 Å². The molecule has 0 unspecified atom stereocenters. The van der Waals surface area contributed by atoms with Crippen LogP contribution in [0.25, 0.3) is 0 Å². The Morgan fingerprint density at radius 1 is 1.38 bits per heavy atom. The van der Waals surface area contributed by atoms with Gasteiger partial charge in [-0.2, -0.15) is 4.98 Å². The van der Waals surface area contributed by atoms with E-state index in [-0.39, 0.29) is 0 Å². The predicted octanol–water partition coefficient (Wildman–Crippen LogP) is 2.22. The van der Waals surface area contributed by atoms with Crippen molar-refractivity contribution in [1.82, 2.24) is 19.7 Å². The van der Waals surface area contributed by atoms with Crippen LogP contribution in [0.1, 0.15) is 44.3 Å². The Kier molecular flexibility index (Phi) is 3.34. The highest BCUT2D eigenvalue weighted by atomic mass is 16.5. The van der Waals surface area contributed by atoms with E-state index in [2.05, 4.69) is 29.0 Å². The fourth-order valence-corrected chi connectivity index (χ4v) is 1.68. The zero-order valence-corrected chi connectivity index (χ0v) is 9.63. The van der Waals surface area contributed by atoms with E-state index in [1.807, 2.05) is 10.8 Å². The predicted molar refractivity (Wildman–Crippen MR) is 59.0 cm³/mol. The van der Waals surface area contributed by atoms with E-state index in [0.29, 0.717) is 18.3 Å². The first-order valence-electron chi connectivity index (χ1n) is 5.61. The fourth-order valence-electron chi connectivity index (χ4n) is 1.68. The molecule has 0 spiro atoms. The lowest BCUT2D eigenvalue weighted by atomic mass is 10.0. The van der Waals surface area contributed by atoms with Gasteiger partial charge in [0.2, 0.25) is 5.89 Å². The second-order valence-electron chi connectivity index (χ2n) is 3.80. The Morgan fingerprint density at radius 2 is 2.19 bits per heavy atom. The minimum Gasteiger partial charge on any atom is -0.339 e. The van der Waals surface area contributed by atoms with Gasteiger partial charge in [0, 0.05) is 18.3 Å². The van der Waals surface area contributed by atoms with Gasteiger partial charge < -0.3 is 9.09 Å². The van der Waals surface area contributed by atoms with Gasteiger partial charge in [-0.15, -0.1) is 0 Å². The Bertz CT molecular complexity index is 417. The van der Waals surface area contributed by atoms with Gasteiger partial charge in [-0.25, -0.2) is 4.98 Å². The third kappa shape index (κ3) is 2.29. The molecule has 0 aliphatic carbocycles. The van der Waals surface area contributed by atoms with Crippen molar-refractivity contribution >= 4 is 0 Å². The first-order chi connectivity index (χ1) is 7.83. The summed E-state index contributed by atoms with van der Waals surface area (Å²) in [5, 5.41) is 3.97. The lowest BCUT2D eigenvalue weighted by molar-refractivity contribution is 0.342. The van der Waals surface area contributed by atoms with Gasteiger partial charge >= 0.3 is 0 Å². The van der Waals surface area contributed by atoms with Crippen molar-refractivity contribution in [3.8, 4) is 0 Å². The van der Waals surface area contributed by atoms with Gasteiger partial charge in [0.15, 0.2) is 5.82 Å². The van der Waals surface area contributed by atoms with Crippen LogP contribution in [0.2, 0.25) is 0 Å². The average Bonchev–Trinajstić information content (AvgIpc) is 2.93. The van der Waals surface area contributed by atoms with Gasteiger partial charge in [-0.1, -0.05) is 19.0 Å². The first-order valence-corrected chi connectivity index (χ1v) is 5.61. The molecule has 0 aliphatic heterocycles. The number of hydrogen-bond donors (Lipinski definition) is 0. The molecule has 2 rings (SSSR count). The molecule has 5 nitrogen and oxygen atoms in total. The van der Waals surface area contributed by atoms with Crippen molar-refractivity contribution in [2.24, 2.45) is 0 Å². The van der Waals surface area contributed by atoms with Crippen LogP contribution in [0.3, 0.4) is 0 Å². The summed E-state index contributed by atoms with van der Waals surface area (Å²) in [6.45, 7) is 4.88. The molecule has 0 radical (unpaired) electrons. The zero-order chi connectivity index (χ0) is 11.4. The normalized spacial score (nSPS) is 11.2. The van der Waals surface area contributed by atoms with Gasteiger partial charge in [-0.05, 0) is 12.8 Å². The summed E-state index contributed by atoms with van der Waals surface area (Å²) in [4.78, 5) is 8.37. The SMILES string of the molecule is CCC(CC)c1nc(Cn2ccnc2)no1. The van der Waals surface area contributed by atoms with E-state index in [0.717, 1.165) is 18.7 Å². The molecular weight excluding hydrogens is 204 g/mol. The van der Waals surface area contributed by atoms with Crippen molar-refractivity contribution in [2.75, 3.05) is 0 Å². The van der Waals surface area contributed by atoms with Crippen molar-refractivity contribution in [3.63, 3.8) is 0 Å². The Balaban J connectivity index is 2.07. The van der Waals surface area contributed by atoms with Crippen molar-refractivity contribution < 1.29 is 4.52 Å². The summed E-state index contributed by atoms with van der Waals surface area (Å²) < 4.78 is 7.18. The van der Waals surface area contributed by atoms with Crippen LogP contribution in [0.4, 0.5) is 0 Å². The molecule has 2 aromatic heterocycles. The van der Waals surface area contributed by atoms with Crippen LogP contribution in [0, 0.1) is 0 Å². The fraction of sp³-hybridized carbons (Fsp3) is 0.545. The molecule has 0 saturated heterocycles. The molecule has 0 atom stereocenters. The largest absolute Gasteiger partial charge is 0.339 e. The van der Waals surface area contributed by atoms with E-state index in [4.69, 9.17) is 4.52 Å². The molecule has 2 heterocycles. The van der Waals surface area contributed by atoms with Gasteiger partial charge in [0.1, 0.15) is 0 Å². The highest BCUT2D eigenvalue weighted by Gasteiger charge is 2.15. The maximum absolute atomic E-state index is 5.26. The highest BCUT2D eigenvalue weighted by molar-refractivity contribution is 4.94. The van der Waals surface area contributed by atoms with Crippen LogP contribution < -0.4 is 0 Å². The van der Waals surface area contributed by atoms with Crippen LogP contribution in [0.15, 0.2) is 23.2 Å². The van der Waals surface area contributed by atoms with Crippen LogP contribution in [-0.2, 0) is 6.54 Å². The summed E-state index contributed by atoms with van der Waals surface area (Å²) in [6.07, 6.45) is 7.43. The molecule has 2 aromatic rings. The minimum atomic E-state index is 0.379.